The molecule has 4 aromatic heterocycles. The lowest BCUT2D eigenvalue weighted by molar-refractivity contribution is 0.954. The summed E-state index contributed by atoms with van der Waals surface area (Å²) in [5, 5.41) is 6.52. The lowest BCUT2D eigenvalue weighted by Crippen LogP contribution is -2.20. The number of aromatic nitrogens is 6. The van der Waals surface area contributed by atoms with E-state index in [1.54, 1.807) is 0 Å². The number of hydrogen-bond acceptors (Lipinski definition) is 4. The Bertz CT molecular complexity index is 3610. The highest BCUT2D eigenvalue weighted by Gasteiger charge is 2.25. The summed E-state index contributed by atoms with van der Waals surface area (Å²) in [6.07, 6.45) is 0. The lowest BCUT2D eigenvalue weighted by Gasteiger charge is -2.18. The second kappa shape index (κ2) is 12.9. The van der Waals surface area contributed by atoms with E-state index in [2.05, 4.69) is 94.1 Å². The zero-order valence-corrected chi connectivity index (χ0v) is 31.6. The SMILES string of the molecule is O=c1c2c(ccc3c4ccccc4n(-c4nc(-c5ccccc5)nc(-c5ccccc5)n4)c32)c2ccc3c4ccccc4n(-c4ccccc4)c3c2n1-c1ccccc1. The molecule has 0 N–H and O–H groups in total. The van der Waals surface area contributed by atoms with E-state index in [9.17, 15) is 0 Å². The minimum Gasteiger partial charge on any atom is -0.307 e. The van der Waals surface area contributed by atoms with Gasteiger partial charge < -0.3 is 4.57 Å². The fourth-order valence-corrected chi connectivity index (χ4v) is 8.97. The molecule has 0 amide bonds. The molecule has 0 radical (unpaired) electrons. The highest BCUT2D eigenvalue weighted by molar-refractivity contribution is 6.26. The lowest BCUT2D eigenvalue weighted by atomic mass is 10.0. The molecule has 0 spiro atoms. The van der Waals surface area contributed by atoms with Crippen LogP contribution in [0.2, 0.25) is 0 Å². The molecule has 12 rings (SSSR count). The molecule has 0 fully saturated rings. The van der Waals surface area contributed by atoms with Crippen molar-refractivity contribution < 1.29 is 0 Å². The third-order valence-electron chi connectivity index (χ3n) is 11.5. The fraction of sp³-hybridized carbons (Fsp3) is 0. The van der Waals surface area contributed by atoms with E-state index >= 15 is 4.79 Å². The molecule has 276 valence electrons. The summed E-state index contributed by atoms with van der Waals surface area (Å²) in [6, 6.07) is 65.7. The molecule has 12 aromatic rings. The molecular weight excluding hydrogens is 725 g/mol. The van der Waals surface area contributed by atoms with Crippen molar-refractivity contribution in [1.29, 1.82) is 0 Å². The monoisotopic (exact) mass is 756 g/mol. The minimum absolute atomic E-state index is 0.133. The van der Waals surface area contributed by atoms with Crippen LogP contribution in [0.3, 0.4) is 0 Å². The van der Waals surface area contributed by atoms with Crippen LogP contribution in [-0.2, 0) is 0 Å². The first-order valence-electron chi connectivity index (χ1n) is 19.7. The second-order valence-electron chi connectivity index (χ2n) is 14.8. The van der Waals surface area contributed by atoms with Gasteiger partial charge in [0, 0.05) is 49.4 Å². The van der Waals surface area contributed by atoms with Crippen LogP contribution in [0, 0.1) is 0 Å². The molecule has 0 bridgehead atoms. The second-order valence-corrected chi connectivity index (χ2v) is 14.8. The number of rotatable bonds is 5. The fourth-order valence-electron chi connectivity index (χ4n) is 8.97. The molecular formula is C52H32N6O. The average molecular weight is 757 g/mol. The van der Waals surface area contributed by atoms with Gasteiger partial charge in [-0.25, -0.2) is 4.98 Å². The molecule has 0 saturated carbocycles. The molecule has 0 atom stereocenters. The van der Waals surface area contributed by atoms with Gasteiger partial charge in [-0.3, -0.25) is 13.9 Å². The highest BCUT2D eigenvalue weighted by Crippen LogP contribution is 2.42. The number of para-hydroxylation sites is 4. The first-order chi connectivity index (χ1) is 29.2. The Balaban J connectivity index is 1.29. The predicted octanol–water partition coefficient (Wildman–Crippen LogP) is 11.9. The number of nitrogens with zero attached hydrogens (tertiary/aromatic N) is 6. The van der Waals surface area contributed by atoms with Gasteiger partial charge in [-0.05, 0) is 41.8 Å². The Hall–Kier alpha value is -8.16. The number of fused-ring (bicyclic) bond motifs is 11. The molecule has 0 saturated heterocycles. The maximum absolute atomic E-state index is 16.0. The van der Waals surface area contributed by atoms with E-state index in [0.717, 1.165) is 82.4 Å². The number of benzene rings is 8. The van der Waals surface area contributed by atoms with Crippen molar-refractivity contribution in [1.82, 2.24) is 28.7 Å². The van der Waals surface area contributed by atoms with Gasteiger partial charge in [-0.15, -0.1) is 0 Å². The van der Waals surface area contributed by atoms with Gasteiger partial charge in [0.05, 0.1) is 33.0 Å². The molecule has 7 nitrogen and oxygen atoms in total. The zero-order chi connectivity index (χ0) is 39.0. The zero-order valence-electron chi connectivity index (χ0n) is 31.6. The van der Waals surface area contributed by atoms with Crippen LogP contribution in [0.25, 0.3) is 105 Å². The maximum Gasteiger partial charge on any atom is 0.265 e. The van der Waals surface area contributed by atoms with E-state index in [0.29, 0.717) is 23.0 Å². The minimum atomic E-state index is -0.133. The number of pyridine rings is 1. The predicted molar refractivity (Wildman–Crippen MR) is 240 cm³/mol. The Labute approximate surface area is 337 Å². The van der Waals surface area contributed by atoms with Crippen molar-refractivity contribution in [2.45, 2.75) is 0 Å². The van der Waals surface area contributed by atoms with Crippen molar-refractivity contribution in [2.75, 3.05) is 0 Å². The summed E-state index contributed by atoms with van der Waals surface area (Å²) in [4.78, 5) is 31.4. The molecule has 0 aliphatic carbocycles. The van der Waals surface area contributed by atoms with Crippen LogP contribution in [0.5, 0.6) is 0 Å². The smallest absolute Gasteiger partial charge is 0.265 e. The van der Waals surface area contributed by atoms with Crippen LogP contribution in [0.15, 0.2) is 199 Å². The quantitative estimate of drug-likeness (QED) is 0.164. The van der Waals surface area contributed by atoms with Crippen molar-refractivity contribution in [3.63, 3.8) is 0 Å². The maximum atomic E-state index is 16.0. The summed E-state index contributed by atoms with van der Waals surface area (Å²) < 4.78 is 6.28. The standard InChI is InChI=1S/C52H32N6O/c59-51-45-39(42-32-31-41-38-26-13-15-27-43(38)56(35-21-9-3-10-22-35)47(41)48(42)57(51)36-23-11-4-12-24-36)29-30-40-37-25-14-16-28-44(37)58(46(40)45)52-54-49(33-17-5-1-6-18-33)53-50(55-52)34-19-7-2-8-20-34/h1-32H. The molecule has 0 unspecified atom stereocenters. The Morgan fingerprint density at radius 3 is 1.29 bits per heavy atom. The normalized spacial score (nSPS) is 11.8. The van der Waals surface area contributed by atoms with Crippen molar-refractivity contribution in [3.05, 3.63) is 204 Å². The van der Waals surface area contributed by atoms with Crippen LogP contribution < -0.4 is 5.56 Å². The van der Waals surface area contributed by atoms with Gasteiger partial charge in [0.25, 0.3) is 5.56 Å². The highest BCUT2D eigenvalue weighted by atomic mass is 16.1. The van der Waals surface area contributed by atoms with Gasteiger partial charge >= 0.3 is 0 Å². The van der Waals surface area contributed by atoms with E-state index in [1.807, 2.05) is 114 Å². The number of hydrogen-bond donors (Lipinski definition) is 0. The molecule has 4 heterocycles. The summed E-state index contributed by atoms with van der Waals surface area (Å²) in [7, 11) is 0. The Morgan fingerprint density at radius 1 is 0.322 bits per heavy atom. The summed E-state index contributed by atoms with van der Waals surface area (Å²) in [5.74, 6) is 1.52. The van der Waals surface area contributed by atoms with Gasteiger partial charge in [0.2, 0.25) is 5.95 Å². The molecule has 0 aliphatic heterocycles. The summed E-state index contributed by atoms with van der Waals surface area (Å²) in [6.45, 7) is 0. The van der Waals surface area contributed by atoms with Crippen LogP contribution in [-0.4, -0.2) is 28.7 Å². The van der Waals surface area contributed by atoms with Gasteiger partial charge in [0.1, 0.15) is 0 Å². The van der Waals surface area contributed by atoms with Crippen LogP contribution >= 0.6 is 0 Å². The van der Waals surface area contributed by atoms with Crippen molar-refractivity contribution in [2.24, 2.45) is 0 Å². The average Bonchev–Trinajstić information content (AvgIpc) is 3.83. The van der Waals surface area contributed by atoms with Crippen LogP contribution in [0.4, 0.5) is 0 Å². The summed E-state index contributed by atoms with van der Waals surface area (Å²) in [5.41, 5.74) is 7.92. The van der Waals surface area contributed by atoms with E-state index < -0.39 is 0 Å². The van der Waals surface area contributed by atoms with Crippen molar-refractivity contribution >= 4 is 65.3 Å². The van der Waals surface area contributed by atoms with Gasteiger partial charge in [-0.2, -0.15) is 9.97 Å². The first-order valence-corrected chi connectivity index (χ1v) is 19.7. The third-order valence-corrected chi connectivity index (χ3v) is 11.5. The van der Waals surface area contributed by atoms with E-state index in [-0.39, 0.29) is 5.56 Å². The Morgan fingerprint density at radius 2 is 0.729 bits per heavy atom. The largest absolute Gasteiger partial charge is 0.307 e. The molecule has 8 aromatic carbocycles. The topological polar surface area (TPSA) is 70.5 Å². The first kappa shape index (κ1) is 33.0. The molecule has 0 aliphatic rings. The molecule has 59 heavy (non-hydrogen) atoms. The van der Waals surface area contributed by atoms with Gasteiger partial charge in [-0.1, -0.05) is 158 Å². The van der Waals surface area contributed by atoms with Crippen LogP contribution in [0.1, 0.15) is 0 Å². The van der Waals surface area contributed by atoms with Crippen molar-refractivity contribution in [3.8, 4) is 40.1 Å². The molecule has 7 heteroatoms. The summed E-state index contributed by atoms with van der Waals surface area (Å²) >= 11 is 0. The van der Waals surface area contributed by atoms with E-state index in [1.165, 1.54) is 0 Å². The Kier molecular flexibility index (Phi) is 7.24. The van der Waals surface area contributed by atoms with Gasteiger partial charge in [0.15, 0.2) is 11.6 Å². The van der Waals surface area contributed by atoms with E-state index in [4.69, 9.17) is 15.0 Å². The third kappa shape index (κ3) is 4.95.